The van der Waals surface area contributed by atoms with Gasteiger partial charge in [-0.3, -0.25) is 4.79 Å². The SMILES string of the molecule is O=C(c1cccc2c1OCCC2)c1c(F)cccc1F. The quantitative estimate of drug-likeness (QED) is 0.783. The zero-order valence-corrected chi connectivity index (χ0v) is 10.7. The molecule has 20 heavy (non-hydrogen) atoms. The van der Waals surface area contributed by atoms with E-state index in [-0.39, 0.29) is 5.56 Å². The van der Waals surface area contributed by atoms with Crippen LogP contribution in [0.1, 0.15) is 27.9 Å². The molecule has 2 aromatic rings. The molecule has 0 unspecified atom stereocenters. The molecule has 102 valence electrons. The highest BCUT2D eigenvalue weighted by atomic mass is 19.1. The summed E-state index contributed by atoms with van der Waals surface area (Å²) in [6, 6.07) is 8.50. The van der Waals surface area contributed by atoms with E-state index >= 15 is 0 Å². The fourth-order valence-corrected chi connectivity index (χ4v) is 2.42. The van der Waals surface area contributed by atoms with Gasteiger partial charge in [-0.2, -0.15) is 0 Å². The normalized spacial score (nSPS) is 13.5. The van der Waals surface area contributed by atoms with Gasteiger partial charge in [0, 0.05) is 0 Å². The number of carbonyl (C=O) groups is 1. The number of fused-ring (bicyclic) bond motifs is 1. The molecule has 0 amide bonds. The molecule has 2 nitrogen and oxygen atoms in total. The maximum absolute atomic E-state index is 13.7. The summed E-state index contributed by atoms with van der Waals surface area (Å²) in [5, 5.41) is 0. The molecule has 0 spiro atoms. The Morgan fingerprint density at radius 1 is 1.05 bits per heavy atom. The van der Waals surface area contributed by atoms with Gasteiger partial charge in [0.2, 0.25) is 5.78 Å². The molecule has 4 heteroatoms. The number of carbonyl (C=O) groups excluding carboxylic acids is 1. The predicted octanol–water partition coefficient (Wildman–Crippen LogP) is 3.52. The Labute approximate surface area is 115 Å². The summed E-state index contributed by atoms with van der Waals surface area (Å²) in [7, 11) is 0. The summed E-state index contributed by atoms with van der Waals surface area (Å²) in [4.78, 5) is 12.4. The molecule has 3 rings (SSSR count). The van der Waals surface area contributed by atoms with Crippen LogP contribution >= 0.6 is 0 Å². The van der Waals surface area contributed by atoms with Crippen molar-refractivity contribution in [2.24, 2.45) is 0 Å². The summed E-state index contributed by atoms with van der Waals surface area (Å²) < 4.78 is 32.9. The second kappa shape index (κ2) is 5.04. The molecule has 2 aromatic carbocycles. The van der Waals surface area contributed by atoms with Gasteiger partial charge in [-0.15, -0.1) is 0 Å². The van der Waals surface area contributed by atoms with Crippen LogP contribution in [0.15, 0.2) is 36.4 Å². The first kappa shape index (κ1) is 12.8. The van der Waals surface area contributed by atoms with Crippen LogP contribution in [0.25, 0.3) is 0 Å². The second-order valence-corrected chi connectivity index (χ2v) is 4.67. The average Bonchev–Trinajstić information content (AvgIpc) is 2.46. The summed E-state index contributed by atoms with van der Waals surface area (Å²) >= 11 is 0. The lowest BCUT2D eigenvalue weighted by Gasteiger charge is -2.19. The van der Waals surface area contributed by atoms with Gasteiger partial charge < -0.3 is 4.74 Å². The molecule has 0 N–H and O–H groups in total. The van der Waals surface area contributed by atoms with E-state index in [1.54, 1.807) is 12.1 Å². The van der Waals surface area contributed by atoms with Gasteiger partial charge in [0.15, 0.2) is 0 Å². The van der Waals surface area contributed by atoms with E-state index in [1.807, 2.05) is 6.07 Å². The Morgan fingerprint density at radius 2 is 1.75 bits per heavy atom. The smallest absolute Gasteiger partial charge is 0.202 e. The van der Waals surface area contributed by atoms with Crippen molar-refractivity contribution in [1.82, 2.24) is 0 Å². The molecule has 0 atom stereocenters. The summed E-state index contributed by atoms with van der Waals surface area (Å²) in [5.74, 6) is -1.95. The van der Waals surface area contributed by atoms with Crippen LogP contribution in [0.5, 0.6) is 5.75 Å². The zero-order chi connectivity index (χ0) is 14.1. The summed E-state index contributed by atoms with van der Waals surface area (Å²) in [6.45, 7) is 0.511. The molecule has 1 heterocycles. The predicted molar refractivity (Wildman–Crippen MR) is 70.0 cm³/mol. The van der Waals surface area contributed by atoms with Crippen LogP contribution in [0.3, 0.4) is 0 Å². The number of hydrogen-bond donors (Lipinski definition) is 0. The van der Waals surface area contributed by atoms with Crippen molar-refractivity contribution in [2.45, 2.75) is 12.8 Å². The molecule has 1 aliphatic heterocycles. The molecule has 0 saturated heterocycles. The molecule has 0 aromatic heterocycles. The van der Waals surface area contributed by atoms with Gasteiger partial charge in [0.25, 0.3) is 0 Å². The van der Waals surface area contributed by atoms with Crippen LogP contribution < -0.4 is 4.74 Å². The Kier molecular flexibility index (Phi) is 3.22. The first-order valence-corrected chi connectivity index (χ1v) is 6.42. The number of aryl methyl sites for hydroxylation is 1. The van der Waals surface area contributed by atoms with Crippen LogP contribution in [-0.4, -0.2) is 12.4 Å². The van der Waals surface area contributed by atoms with Gasteiger partial charge in [-0.1, -0.05) is 18.2 Å². The minimum Gasteiger partial charge on any atom is -0.493 e. The summed E-state index contributed by atoms with van der Waals surface area (Å²) in [6.07, 6.45) is 1.68. The third-order valence-corrected chi connectivity index (χ3v) is 3.37. The van der Waals surface area contributed by atoms with Crippen molar-refractivity contribution in [1.29, 1.82) is 0 Å². The first-order valence-electron chi connectivity index (χ1n) is 6.42. The number of rotatable bonds is 2. The van der Waals surface area contributed by atoms with Gasteiger partial charge in [-0.05, 0) is 36.6 Å². The first-order chi connectivity index (χ1) is 9.68. The number of ketones is 1. The van der Waals surface area contributed by atoms with E-state index in [0.29, 0.717) is 12.4 Å². The second-order valence-electron chi connectivity index (χ2n) is 4.67. The largest absolute Gasteiger partial charge is 0.493 e. The van der Waals surface area contributed by atoms with Crippen molar-refractivity contribution in [3.8, 4) is 5.75 Å². The fraction of sp³-hybridized carbons (Fsp3) is 0.188. The molecule has 0 bridgehead atoms. The third-order valence-electron chi connectivity index (χ3n) is 3.37. The van der Waals surface area contributed by atoms with E-state index in [4.69, 9.17) is 4.74 Å². The number of hydrogen-bond acceptors (Lipinski definition) is 2. The van der Waals surface area contributed by atoms with Crippen LogP contribution in [0.2, 0.25) is 0 Å². The third kappa shape index (κ3) is 2.07. The van der Waals surface area contributed by atoms with Crippen LogP contribution in [0, 0.1) is 11.6 Å². The Bertz CT molecular complexity index is 660. The van der Waals surface area contributed by atoms with E-state index < -0.39 is 23.0 Å². The number of ether oxygens (including phenoxy) is 1. The van der Waals surface area contributed by atoms with E-state index in [1.165, 1.54) is 6.07 Å². The lowest BCUT2D eigenvalue weighted by molar-refractivity contribution is 0.102. The minimum absolute atomic E-state index is 0.214. The molecule has 0 fully saturated rings. The van der Waals surface area contributed by atoms with Crippen molar-refractivity contribution in [3.05, 3.63) is 64.7 Å². The van der Waals surface area contributed by atoms with Gasteiger partial charge in [-0.25, -0.2) is 8.78 Å². The number of benzene rings is 2. The average molecular weight is 274 g/mol. The monoisotopic (exact) mass is 274 g/mol. The topological polar surface area (TPSA) is 26.3 Å². The molecule has 1 aliphatic rings. The highest BCUT2D eigenvalue weighted by molar-refractivity contribution is 6.11. The number of para-hydroxylation sites is 1. The molecular weight excluding hydrogens is 262 g/mol. The van der Waals surface area contributed by atoms with Crippen LogP contribution in [-0.2, 0) is 6.42 Å². The minimum atomic E-state index is -0.858. The van der Waals surface area contributed by atoms with E-state index in [2.05, 4.69) is 0 Å². The van der Waals surface area contributed by atoms with Crippen molar-refractivity contribution >= 4 is 5.78 Å². The molecule has 0 radical (unpaired) electrons. The van der Waals surface area contributed by atoms with Crippen molar-refractivity contribution in [3.63, 3.8) is 0 Å². The van der Waals surface area contributed by atoms with Gasteiger partial charge >= 0.3 is 0 Å². The molecule has 0 saturated carbocycles. The maximum atomic E-state index is 13.7. The Balaban J connectivity index is 2.12. The highest BCUT2D eigenvalue weighted by Gasteiger charge is 2.24. The van der Waals surface area contributed by atoms with E-state index in [0.717, 1.165) is 30.5 Å². The van der Waals surface area contributed by atoms with Crippen molar-refractivity contribution < 1.29 is 18.3 Å². The lowest BCUT2D eigenvalue weighted by Crippen LogP contribution is -2.15. The lowest BCUT2D eigenvalue weighted by atomic mass is 9.96. The maximum Gasteiger partial charge on any atom is 0.202 e. The Morgan fingerprint density at radius 3 is 2.50 bits per heavy atom. The highest BCUT2D eigenvalue weighted by Crippen LogP contribution is 2.31. The zero-order valence-electron chi connectivity index (χ0n) is 10.7. The summed E-state index contributed by atoms with van der Waals surface area (Å²) in [5.41, 5.74) is 0.583. The molecule has 0 aliphatic carbocycles. The van der Waals surface area contributed by atoms with Crippen LogP contribution in [0.4, 0.5) is 8.78 Å². The van der Waals surface area contributed by atoms with Gasteiger partial charge in [0.1, 0.15) is 17.4 Å². The fourth-order valence-electron chi connectivity index (χ4n) is 2.42. The Hall–Kier alpha value is -2.23. The van der Waals surface area contributed by atoms with Crippen molar-refractivity contribution in [2.75, 3.05) is 6.61 Å². The van der Waals surface area contributed by atoms with Gasteiger partial charge in [0.05, 0.1) is 17.7 Å². The number of halogens is 2. The standard InChI is InChI=1S/C16H12F2O2/c17-12-7-2-8-13(18)14(12)15(19)11-6-1-4-10-5-3-9-20-16(10)11/h1-2,4,6-8H,3,5,9H2. The van der Waals surface area contributed by atoms with E-state index in [9.17, 15) is 13.6 Å². The molecular formula is C16H12F2O2.